The fourth-order valence-electron chi connectivity index (χ4n) is 2.62. The Morgan fingerprint density at radius 3 is 2.68 bits per heavy atom. The summed E-state index contributed by atoms with van der Waals surface area (Å²) in [7, 11) is 2.53. The van der Waals surface area contributed by atoms with Crippen molar-refractivity contribution >= 4 is 26.2 Å². The van der Waals surface area contributed by atoms with Crippen molar-refractivity contribution in [3.05, 3.63) is 44.1 Å². The standard InChI is InChI=1S/C16H18N5O3P/c1-8-5-10-11(6-9(8)2)21(7-12(22)17-3-4-25)14-13(18-10)15(23)20-16(24)19-14/h5-6H,3-4,7,25H2,1-2H3,(H,17,22)(H,20,23,24). The Bertz CT molecular complexity index is 1060. The first-order valence-electron chi connectivity index (χ1n) is 7.79. The average Bonchev–Trinajstić information content (AvgIpc) is 2.55. The normalized spacial score (nSPS) is 11.2. The van der Waals surface area contributed by atoms with E-state index in [1.54, 1.807) is 4.57 Å². The molecule has 0 saturated carbocycles. The molecule has 25 heavy (non-hydrogen) atoms. The van der Waals surface area contributed by atoms with Gasteiger partial charge in [0, 0.05) is 6.54 Å². The first-order chi connectivity index (χ1) is 11.9. The fraction of sp³-hybridized carbons (Fsp3) is 0.312. The molecule has 2 aliphatic rings. The van der Waals surface area contributed by atoms with Gasteiger partial charge < -0.3 is 9.88 Å². The molecular weight excluding hydrogens is 341 g/mol. The molecule has 1 aromatic carbocycles. The van der Waals surface area contributed by atoms with Crippen LogP contribution in [0, 0.1) is 13.8 Å². The summed E-state index contributed by atoms with van der Waals surface area (Å²) in [5.41, 5.74) is 1.91. The number of hydrogen-bond donors (Lipinski definition) is 2. The number of aromatic amines is 1. The Morgan fingerprint density at radius 1 is 1.24 bits per heavy atom. The van der Waals surface area contributed by atoms with Gasteiger partial charge in [-0.05, 0) is 43.3 Å². The number of nitrogens with one attached hydrogen (secondary N) is 2. The molecule has 0 radical (unpaired) electrons. The van der Waals surface area contributed by atoms with Crippen molar-refractivity contribution in [3.63, 3.8) is 0 Å². The second-order valence-corrected chi connectivity index (χ2v) is 6.38. The monoisotopic (exact) mass is 359 g/mol. The predicted molar refractivity (Wildman–Crippen MR) is 98.1 cm³/mol. The number of fused-ring (bicyclic) bond motifs is 2. The Kier molecular flexibility index (Phi) is 4.63. The molecule has 0 fully saturated rings. The minimum Gasteiger partial charge on any atom is -0.354 e. The van der Waals surface area contributed by atoms with Crippen LogP contribution < -0.4 is 16.6 Å². The summed E-state index contributed by atoms with van der Waals surface area (Å²) < 4.78 is 1.57. The summed E-state index contributed by atoms with van der Waals surface area (Å²) in [6.07, 6.45) is 0.731. The molecule has 2 N–H and O–H groups in total. The number of aromatic nitrogens is 4. The highest BCUT2D eigenvalue weighted by Crippen LogP contribution is 2.23. The molecular formula is C16H18N5O3P. The van der Waals surface area contributed by atoms with Crippen molar-refractivity contribution in [1.82, 2.24) is 24.8 Å². The van der Waals surface area contributed by atoms with Crippen LogP contribution in [0.3, 0.4) is 0 Å². The minimum absolute atomic E-state index is 0.0363. The number of amides is 1. The molecule has 130 valence electrons. The van der Waals surface area contributed by atoms with Crippen molar-refractivity contribution in [2.24, 2.45) is 0 Å². The Morgan fingerprint density at radius 2 is 1.96 bits per heavy atom. The van der Waals surface area contributed by atoms with Crippen LogP contribution in [0.25, 0.3) is 22.6 Å². The molecule has 8 nitrogen and oxygen atoms in total. The number of hydrogen-bond acceptors (Lipinski definition) is 5. The van der Waals surface area contributed by atoms with E-state index >= 15 is 0 Å². The summed E-state index contributed by atoms with van der Waals surface area (Å²) in [5, 5.41) is 2.77. The number of rotatable bonds is 4. The number of H-pyrrole nitrogens is 1. The van der Waals surface area contributed by atoms with Gasteiger partial charge in [0.1, 0.15) is 6.54 Å². The molecule has 3 rings (SSSR count). The Labute approximate surface area is 145 Å². The van der Waals surface area contributed by atoms with Crippen LogP contribution in [0.15, 0.2) is 21.7 Å². The van der Waals surface area contributed by atoms with E-state index in [1.807, 2.05) is 26.0 Å². The molecule has 2 aliphatic heterocycles. The van der Waals surface area contributed by atoms with Gasteiger partial charge in [-0.15, -0.1) is 9.24 Å². The summed E-state index contributed by atoms with van der Waals surface area (Å²) in [6.45, 7) is 4.35. The first-order valence-corrected chi connectivity index (χ1v) is 8.61. The van der Waals surface area contributed by atoms with Crippen molar-refractivity contribution < 1.29 is 4.79 Å². The quantitative estimate of drug-likeness (QED) is 0.511. The molecule has 0 bridgehead atoms. The largest absolute Gasteiger partial charge is 0.354 e. The highest BCUT2D eigenvalue weighted by Gasteiger charge is 2.20. The third-order valence-electron chi connectivity index (χ3n) is 3.99. The highest BCUT2D eigenvalue weighted by molar-refractivity contribution is 7.16. The van der Waals surface area contributed by atoms with E-state index in [0.717, 1.165) is 17.3 Å². The van der Waals surface area contributed by atoms with Crippen LogP contribution in [-0.4, -0.2) is 38.1 Å². The number of carbonyl (C=O) groups excluding carboxylic acids is 1. The summed E-state index contributed by atoms with van der Waals surface area (Å²) in [4.78, 5) is 46.4. The number of carbonyl (C=O) groups is 1. The maximum absolute atomic E-state index is 12.2. The van der Waals surface area contributed by atoms with Gasteiger partial charge in [-0.3, -0.25) is 14.6 Å². The molecule has 9 heteroatoms. The molecule has 1 aromatic rings. The molecule has 1 atom stereocenters. The van der Waals surface area contributed by atoms with Crippen molar-refractivity contribution in [3.8, 4) is 11.5 Å². The van der Waals surface area contributed by atoms with Crippen molar-refractivity contribution in [2.45, 2.75) is 20.4 Å². The number of aryl methyl sites for hydroxylation is 2. The third kappa shape index (κ3) is 3.30. The maximum Gasteiger partial charge on any atom is 0.349 e. The fourth-order valence-corrected chi connectivity index (χ4v) is 2.77. The van der Waals surface area contributed by atoms with Crippen LogP contribution in [0.4, 0.5) is 0 Å². The van der Waals surface area contributed by atoms with Gasteiger partial charge in [-0.25, -0.2) is 9.78 Å². The predicted octanol–water partition coefficient (Wildman–Crippen LogP) is 0.193. The Hall–Kier alpha value is -2.60. The first kappa shape index (κ1) is 17.2. The smallest absolute Gasteiger partial charge is 0.349 e. The van der Waals surface area contributed by atoms with Crippen molar-refractivity contribution in [2.75, 3.05) is 12.7 Å². The van der Waals surface area contributed by atoms with E-state index < -0.39 is 11.2 Å². The topological polar surface area (TPSA) is 110 Å². The molecule has 0 aromatic heterocycles. The van der Waals surface area contributed by atoms with Crippen LogP contribution in [0.5, 0.6) is 0 Å². The lowest BCUT2D eigenvalue weighted by atomic mass is 10.1. The van der Waals surface area contributed by atoms with Gasteiger partial charge in [-0.1, -0.05) is 0 Å². The zero-order chi connectivity index (χ0) is 18.1. The van der Waals surface area contributed by atoms with E-state index in [1.165, 1.54) is 0 Å². The van der Waals surface area contributed by atoms with Crippen LogP contribution >= 0.6 is 9.24 Å². The average molecular weight is 359 g/mol. The lowest BCUT2D eigenvalue weighted by Gasteiger charge is -2.17. The molecule has 0 aliphatic carbocycles. The summed E-state index contributed by atoms with van der Waals surface area (Å²) in [5.74, 6) is -0.125. The second kappa shape index (κ2) is 6.72. The van der Waals surface area contributed by atoms with E-state index in [2.05, 4.69) is 29.5 Å². The van der Waals surface area contributed by atoms with Gasteiger partial charge in [0.25, 0.3) is 5.56 Å². The number of nitrogens with zero attached hydrogens (tertiary/aromatic N) is 3. The van der Waals surface area contributed by atoms with E-state index in [-0.39, 0.29) is 24.0 Å². The molecule has 1 amide bonds. The van der Waals surface area contributed by atoms with Gasteiger partial charge >= 0.3 is 5.69 Å². The Balaban J connectivity index is 2.31. The second-order valence-electron chi connectivity index (χ2n) is 5.81. The zero-order valence-corrected chi connectivity index (χ0v) is 15.1. The molecule has 0 saturated heterocycles. The van der Waals surface area contributed by atoms with Gasteiger partial charge in [0.05, 0.1) is 11.0 Å². The van der Waals surface area contributed by atoms with E-state index in [0.29, 0.717) is 17.6 Å². The third-order valence-corrected chi connectivity index (χ3v) is 4.28. The van der Waals surface area contributed by atoms with E-state index in [9.17, 15) is 14.4 Å². The van der Waals surface area contributed by atoms with Gasteiger partial charge in [-0.2, -0.15) is 4.98 Å². The minimum atomic E-state index is -0.762. The lowest BCUT2D eigenvalue weighted by molar-refractivity contribution is -0.121. The lowest BCUT2D eigenvalue weighted by Crippen LogP contribution is -2.33. The van der Waals surface area contributed by atoms with Crippen LogP contribution in [0.1, 0.15) is 11.1 Å². The summed E-state index contributed by atoms with van der Waals surface area (Å²) in [6, 6.07) is 3.74. The molecule has 1 unspecified atom stereocenters. The molecule has 2 heterocycles. The van der Waals surface area contributed by atoms with Gasteiger partial charge in [0.2, 0.25) is 5.91 Å². The van der Waals surface area contributed by atoms with Gasteiger partial charge in [0.15, 0.2) is 11.5 Å². The SMILES string of the molecule is Cc1cc2nc3c(=O)[nH]c(=O)nc-3n(CC(=O)NCCP)c2cc1C. The molecule has 0 spiro atoms. The van der Waals surface area contributed by atoms with Crippen molar-refractivity contribution in [1.29, 1.82) is 0 Å². The summed E-state index contributed by atoms with van der Waals surface area (Å²) >= 11 is 0. The maximum atomic E-state index is 12.2. The highest BCUT2D eigenvalue weighted by atomic mass is 31.0. The van der Waals surface area contributed by atoms with Crippen LogP contribution in [0.2, 0.25) is 0 Å². The number of benzene rings is 1. The van der Waals surface area contributed by atoms with Crippen LogP contribution in [-0.2, 0) is 11.3 Å². The van der Waals surface area contributed by atoms with E-state index in [4.69, 9.17) is 0 Å². The zero-order valence-electron chi connectivity index (χ0n) is 13.9.